The summed E-state index contributed by atoms with van der Waals surface area (Å²) in [7, 11) is 3.23. The molecule has 0 bridgehead atoms. The molecule has 21 heavy (non-hydrogen) atoms. The molecule has 1 aliphatic rings. The first-order valence-corrected chi connectivity index (χ1v) is 7.91. The maximum atomic E-state index is 12.6. The lowest BCUT2D eigenvalue weighted by atomic mass is 9.82. The number of Topliss-reactive ketones (excluding diaryl/α,β-unsaturated/α-hetero) is 1. The standard InChI is InChI=1S/C17H23ClO3/c1-20-16-9-8-14(18)10-13(16)11-15(19)17(21-2)12-6-4-3-5-7-12/h8-10,12,17H,3-7,11H2,1-2H3. The summed E-state index contributed by atoms with van der Waals surface area (Å²) in [6.07, 6.45) is 5.81. The zero-order valence-electron chi connectivity index (χ0n) is 12.7. The van der Waals surface area contributed by atoms with Crippen LogP contribution >= 0.6 is 11.6 Å². The maximum absolute atomic E-state index is 12.6. The van der Waals surface area contributed by atoms with Crippen molar-refractivity contribution >= 4 is 17.4 Å². The van der Waals surface area contributed by atoms with Crippen molar-refractivity contribution < 1.29 is 14.3 Å². The van der Waals surface area contributed by atoms with E-state index in [2.05, 4.69) is 0 Å². The summed E-state index contributed by atoms with van der Waals surface area (Å²) in [5.74, 6) is 1.16. The first kappa shape index (κ1) is 16.3. The van der Waals surface area contributed by atoms with Crippen molar-refractivity contribution in [1.82, 2.24) is 0 Å². The van der Waals surface area contributed by atoms with E-state index >= 15 is 0 Å². The van der Waals surface area contributed by atoms with Crippen LogP contribution < -0.4 is 4.74 Å². The van der Waals surface area contributed by atoms with Crippen LogP contribution in [0.5, 0.6) is 5.75 Å². The van der Waals surface area contributed by atoms with Crippen LogP contribution in [0.4, 0.5) is 0 Å². The van der Waals surface area contributed by atoms with Gasteiger partial charge in [-0.05, 0) is 37.0 Å². The number of hydrogen-bond donors (Lipinski definition) is 0. The molecule has 4 heteroatoms. The fourth-order valence-corrected chi connectivity index (χ4v) is 3.39. The van der Waals surface area contributed by atoms with Gasteiger partial charge in [-0.2, -0.15) is 0 Å². The number of carbonyl (C=O) groups excluding carboxylic acids is 1. The molecule has 116 valence electrons. The first-order valence-electron chi connectivity index (χ1n) is 7.53. The molecule has 1 fully saturated rings. The molecule has 0 heterocycles. The lowest BCUT2D eigenvalue weighted by molar-refractivity contribution is -0.132. The van der Waals surface area contributed by atoms with Crippen LogP contribution in [0, 0.1) is 5.92 Å². The third kappa shape index (κ3) is 4.21. The van der Waals surface area contributed by atoms with Crippen molar-refractivity contribution in [1.29, 1.82) is 0 Å². The monoisotopic (exact) mass is 310 g/mol. The van der Waals surface area contributed by atoms with Crippen molar-refractivity contribution in [2.75, 3.05) is 14.2 Å². The average Bonchev–Trinajstić information content (AvgIpc) is 2.49. The van der Waals surface area contributed by atoms with Crippen LogP contribution in [0.1, 0.15) is 37.7 Å². The summed E-state index contributed by atoms with van der Waals surface area (Å²) in [5, 5.41) is 0.616. The second-order valence-corrected chi connectivity index (χ2v) is 6.09. The van der Waals surface area contributed by atoms with Crippen LogP contribution in [-0.2, 0) is 16.0 Å². The third-order valence-electron chi connectivity index (χ3n) is 4.26. The number of ketones is 1. The van der Waals surface area contributed by atoms with Gasteiger partial charge < -0.3 is 9.47 Å². The molecule has 3 nitrogen and oxygen atoms in total. The van der Waals surface area contributed by atoms with Crippen molar-refractivity contribution in [2.24, 2.45) is 5.92 Å². The Labute approximate surface area is 131 Å². The van der Waals surface area contributed by atoms with Crippen molar-refractivity contribution in [2.45, 2.75) is 44.6 Å². The van der Waals surface area contributed by atoms with E-state index in [4.69, 9.17) is 21.1 Å². The highest BCUT2D eigenvalue weighted by Gasteiger charge is 2.29. The highest BCUT2D eigenvalue weighted by molar-refractivity contribution is 6.30. The molecule has 0 N–H and O–H groups in total. The number of methoxy groups -OCH3 is 2. The summed E-state index contributed by atoms with van der Waals surface area (Å²) >= 11 is 6.02. The van der Waals surface area contributed by atoms with Crippen molar-refractivity contribution in [3.05, 3.63) is 28.8 Å². The number of benzene rings is 1. The topological polar surface area (TPSA) is 35.5 Å². The summed E-state index contributed by atoms with van der Waals surface area (Å²) in [5.41, 5.74) is 0.827. The minimum absolute atomic E-state index is 0.116. The summed E-state index contributed by atoms with van der Waals surface area (Å²) in [4.78, 5) is 12.6. The predicted molar refractivity (Wildman–Crippen MR) is 84.1 cm³/mol. The summed E-state index contributed by atoms with van der Waals surface area (Å²) < 4.78 is 10.8. The van der Waals surface area contributed by atoms with Gasteiger partial charge in [0, 0.05) is 24.1 Å². The van der Waals surface area contributed by atoms with E-state index in [9.17, 15) is 4.79 Å². The third-order valence-corrected chi connectivity index (χ3v) is 4.49. The van der Waals surface area contributed by atoms with Gasteiger partial charge in [0.15, 0.2) is 5.78 Å². The van der Waals surface area contributed by atoms with E-state index < -0.39 is 0 Å². The summed E-state index contributed by atoms with van der Waals surface area (Å²) in [6, 6.07) is 5.36. The Morgan fingerprint density at radius 1 is 1.29 bits per heavy atom. The fourth-order valence-electron chi connectivity index (χ4n) is 3.20. The molecule has 0 spiro atoms. The van der Waals surface area contributed by atoms with Crippen LogP contribution in [-0.4, -0.2) is 26.1 Å². The Kier molecular flexibility index (Phi) is 6.07. The molecular weight excluding hydrogens is 288 g/mol. The van der Waals surface area contributed by atoms with Gasteiger partial charge >= 0.3 is 0 Å². The van der Waals surface area contributed by atoms with Crippen LogP contribution in [0.25, 0.3) is 0 Å². The second-order valence-electron chi connectivity index (χ2n) is 5.65. The van der Waals surface area contributed by atoms with E-state index in [0.29, 0.717) is 23.1 Å². The molecule has 0 radical (unpaired) electrons. The molecule has 0 amide bonds. The van der Waals surface area contributed by atoms with Gasteiger partial charge in [0.1, 0.15) is 11.9 Å². The quantitative estimate of drug-likeness (QED) is 0.795. The zero-order valence-corrected chi connectivity index (χ0v) is 13.5. The molecule has 2 rings (SSSR count). The first-order chi connectivity index (χ1) is 10.2. The Bertz CT molecular complexity index is 481. The number of ether oxygens (including phenoxy) is 2. The number of rotatable bonds is 6. The van der Waals surface area contributed by atoms with Gasteiger partial charge in [0.25, 0.3) is 0 Å². The van der Waals surface area contributed by atoms with E-state index in [1.54, 1.807) is 32.4 Å². The van der Waals surface area contributed by atoms with Crippen LogP contribution in [0.2, 0.25) is 5.02 Å². The van der Waals surface area contributed by atoms with Crippen LogP contribution in [0.15, 0.2) is 18.2 Å². The highest BCUT2D eigenvalue weighted by atomic mass is 35.5. The minimum Gasteiger partial charge on any atom is -0.496 e. The number of halogens is 1. The Morgan fingerprint density at radius 2 is 2.00 bits per heavy atom. The Hall–Kier alpha value is -1.06. The van der Waals surface area contributed by atoms with Crippen molar-refractivity contribution in [3.63, 3.8) is 0 Å². The van der Waals surface area contributed by atoms with E-state index in [-0.39, 0.29) is 11.9 Å². The van der Waals surface area contributed by atoms with Gasteiger partial charge in [-0.1, -0.05) is 30.9 Å². The number of hydrogen-bond acceptors (Lipinski definition) is 3. The normalized spacial score (nSPS) is 17.5. The SMILES string of the molecule is COc1ccc(Cl)cc1CC(=O)C(OC)C1CCCCC1. The van der Waals surface area contributed by atoms with E-state index in [0.717, 1.165) is 18.4 Å². The molecule has 0 aromatic heterocycles. The second kappa shape index (κ2) is 7.81. The van der Waals surface area contributed by atoms with E-state index in [1.807, 2.05) is 0 Å². The smallest absolute Gasteiger partial charge is 0.166 e. The molecular formula is C17H23ClO3. The van der Waals surface area contributed by atoms with Gasteiger partial charge in [-0.3, -0.25) is 4.79 Å². The highest BCUT2D eigenvalue weighted by Crippen LogP contribution is 2.30. The largest absolute Gasteiger partial charge is 0.496 e. The molecule has 0 aliphatic heterocycles. The van der Waals surface area contributed by atoms with Crippen molar-refractivity contribution in [3.8, 4) is 5.75 Å². The molecule has 1 saturated carbocycles. The lowest BCUT2D eigenvalue weighted by Gasteiger charge is -2.28. The minimum atomic E-state index is -0.311. The fraction of sp³-hybridized carbons (Fsp3) is 0.588. The lowest BCUT2D eigenvalue weighted by Crippen LogP contribution is -2.34. The maximum Gasteiger partial charge on any atom is 0.166 e. The van der Waals surface area contributed by atoms with Gasteiger partial charge in [-0.15, -0.1) is 0 Å². The van der Waals surface area contributed by atoms with Gasteiger partial charge in [0.2, 0.25) is 0 Å². The van der Waals surface area contributed by atoms with Gasteiger partial charge in [-0.25, -0.2) is 0 Å². The van der Waals surface area contributed by atoms with Crippen LogP contribution in [0.3, 0.4) is 0 Å². The van der Waals surface area contributed by atoms with Gasteiger partial charge in [0.05, 0.1) is 7.11 Å². The molecule has 1 unspecified atom stereocenters. The predicted octanol–water partition coefficient (Wildman–Crippen LogP) is 4.06. The zero-order chi connectivity index (χ0) is 15.2. The molecule has 1 aromatic carbocycles. The Morgan fingerprint density at radius 3 is 2.62 bits per heavy atom. The molecule has 1 atom stereocenters. The van der Waals surface area contributed by atoms with E-state index in [1.165, 1.54) is 19.3 Å². The molecule has 1 aromatic rings. The Balaban J connectivity index is 2.10. The average molecular weight is 311 g/mol. The molecule has 1 aliphatic carbocycles. The number of carbonyl (C=O) groups is 1. The summed E-state index contributed by atoms with van der Waals surface area (Å²) in [6.45, 7) is 0. The molecule has 0 saturated heterocycles.